The van der Waals surface area contributed by atoms with E-state index in [1.54, 1.807) is 12.4 Å². The van der Waals surface area contributed by atoms with Crippen LogP contribution in [0.2, 0.25) is 0 Å². The van der Waals surface area contributed by atoms with Gasteiger partial charge in [0.25, 0.3) is 0 Å². The Labute approximate surface area is 177 Å². The molecule has 0 saturated heterocycles. The van der Waals surface area contributed by atoms with Gasteiger partial charge in [0.1, 0.15) is 18.9 Å². The zero-order valence-electron chi connectivity index (χ0n) is 15.5. The molecule has 1 aromatic rings. The van der Waals surface area contributed by atoms with E-state index in [2.05, 4.69) is 34.9 Å². The summed E-state index contributed by atoms with van der Waals surface area (Å²) in [6, 6.07) is 4.15. The number of rotatable bonds is 0. The quantitative estimate of drug-likeness (QED) is 0.285. The third-order valence-electron chi connectivity index (χ3n) is 2.34. The molecule has 0 unspecified atom stereocenters. The van der Waals surface area contributed by atoms with Gasteiger partial charge < -0.3 is 41.3 Å². The molecule has 27 heavy (non-hydrogen) atoms. The van der Waals surface area contributed by atoms with Crippen molar-refractivity contribution in [3.63, 3.8) is 0 Å². The Morgan fingerprint density at radius 1 is 0.630 bits per heavy atom. The number of aliphatic hydroxyl groups excluding tert-OH is 3. The van der Waals surface area contributed by atoms with E-state index in [4.69, 9.17) is 30.6 Å². The Bertz CT molecular complexity index is 629. The first-order valence-corrected chi connectivity index (χ1v) is 7.82. The molecular weight excluding hydrogens is 455 g/mol. The van der Waals surface area contributed by atoms with Crippen LogP contribution in [0.25, 0.3) is 22.8 Å². The van der Waals surface area contributed by atoms with Gasteiger partial charge in [-0.1, -0.05) is 36.4 Å². The second kappa shape index (κ2) is 15.7. The van der Waals surface area contributed by atoms with Crippen LogP contribution in [0.3, 0.4) is 0 Å². The van der Waals surface area contributed by atoms with E-state index in [0.717, 1.165) is 21.8 Å². The second-order valence-corrected chi connectivity index (χ2v) is 5.11. The maximum Gasteiger partial charge on any atom is 0.148 e. The van der Waals surface area contributed by atoms with Crippen LogP contribution in [0.4, 0.5) is 11.4 Å². The first-order chi connectivity index (χ1) is 12.1. The Morgan fingerprint density at radius 3 is 1.15 bits per heavy atom. The largest absolute Gasteiger partial charge is 0.665 e. The van der Waals surface area contributed by atoms with Crippen LogP contribution in [0.5, 0.6) is 0 Å². The third kappa shape index (κ3) is 14.4. The number of benzene rings is 1. The third-order valence-corrected chi connectivity index (χ3v) is 2.34. The first-order valence-electron chi connectivity index (χ1n) is 7.82. The number of hydrogen-bond donors (Lipinski definition) is 6. The molecule has 0 spiro atoms. The van der Waals surface area contributed by atoms with Gasteiger partial charge in [0.15, 0.2) is 0 Å². The molecule has 9 heteroatoms. The molecule has 8 nitrogen and oxygen atoms in total. The molecule has 1 aromatic carbocycles. The summed E-state index contributed by atoms with van der Waals surface area (Å²) in [5, 5.41) is 56.6. The number of fused-ring (bicyclic) bond motifs is 3. The van der Waals surface area contributed by atoms with E-state index in [9.17, 15) is 0 Å². The van der Waals surface area contributed by atoms with Gasteiger partial charge in [0.2, 0.25) is 0 Å². The van der Waals surface area contributed by atoms with Crippen LogP contribution in [0.1, 0.15) is 20.8 Å². The molecule has 0 fully saturated rings. The van der Waals surface area contributed by atoms with Crippen LogP contribution >= 0.6 is 0 Å². The molecule has 0 saturated carbocycles. The summed E-state index contributed by atoms with van der Waals surface area (Å²) in [7, 11) is 0. The van der Waals surface area contributed by atoms with Gasteiger partial charge in [-0.2, -0.15) is 12.4 Å². The summed E-state index contributed by atoms with van der Waals surface area (Å²) >= 11 is 0. The van der Waals surface area contributed by atoms with Gasteiger partial charge >= 0.3 is 0 Å². The fraction of sp³-hybridized carbons (Fsp3) is 0.333. The summed E-state index contributed by atoms with van der Waals surface area (Å²) in [5.41, 5.74) is 1.95. The van der Waals surface area contributed by atoms with Crippen LogP contribution in [0, 0.1) is 0 Å². The fourth-order valence-corrected chi connectivity index (χ4v) is 1.68. The molecule has 2 heterocycles. The molecule has 6 N–H and O–H groups in total. The van der Waals surface area contributed by atoms with E-state index >= 15 is 0 Å². The number of nitrogens with zero attached hydrogens (tertiary/aromatic N) is 2. The summed E-state index contributed by atoms with van der Waals surface area (Å²) in [4.78, 5) is 0. The van der Waals surface area contributed by atoms with E-state index in [-0.39, 0.29) is 25.8 Å². The maximum absolute atomic E-state index is 7.61. The van der Waals surface area contributed by atoms with Crippen molar-refractivity contribution in [1.29, 1.82) is 0 Å². The van der Waals surface area contributed by atoms with Crippen molar-refractivity contribution >= 4 is 49.4 Å². The minimum Gasteiger partial charge on any atom is -0.665 e. The topological polar surface area (TPSA) is 150 Å². The smallest absolute Gasteiger partial charge is 0.148 e. The van der Waals surface area contributed by atoms with Crippen molar-refractivity contribution in [1.82, 2.24) is 0 Å². The maximum atomic E-state index is 7.61. The molecule has 2 aliphatic rings. The van der Waals surface area contributed by atoms with Gasteiger partial charge in [0, 0.05) is 25.8 Å². The molecule has 0 aromatic heterocycles. The van der Waals surface area contributed by atoms with Gasteiger partial charge in [-0.05, 0) is 31.2 Å². The van der Waals surface area contributed by atoms with Gasteiger partial charge in [-0.15, -0.1) is 11.4 Å². The molecule has 0 atom stereocenters. The van der Waals surface area contributed by atoms with E-state index in [0.29, 0.717) is 0 Å². The molecule has 2 aliphatic heterocycles. The van der Waals surface area contributed by atoms with Gasteiger partial charge in [0.05, 0.1) is 0 Å². The average Bonchev–Trinajstić information content (AvgIpc) is 2.53. The van der Waals surface area contributed by atoms with Gasteiger partial charge in [-0.3, -0.25) is 0 Å². The minimum atomic E-state index is -1.17. The number of allylic oxidation sites excluding steroid dienone is 2. The van der Waals surface area contributed by atoms with Crippen molar-refractivity contribution in [3.05, 3.63) is 57.8 Å². The normalized spacial score (nSPS) is 12.0. The minimum absolute atomic E-state index is 0. The fourth-order valence-electron chi connectivity index (χ4n) is 1.68. The number of hydrogen-bond acceptors (Lipinski definition) is 6. The standard InChI is InChI=1S/C12H8N2.3C2H6O2.In/c1-3-9-5-6-10-4-2-8-14-12(10)11(9)13-7-1;3*1-2(3)4;/h1-8H;3*2-4H,1H3;/q-2;;;;. The Balaban J connectivity index is 0. The molecular formula is C18H26InN2O6-2. The Hall–Kier alpha value is -1.33. The Morgan fingerprint density at radius 2 is 0.889 bits per heavy atom. The van der Waals surface area contributed by atoms with E-state index < -0.39 is 18.9 Å². The van der Waals surface area contributed by atoms with Crippen LogP contribution in [-0.2, 0) is 0 Å². The van der Waals surface area contributed by atoms with Crippen molar-refractivity contribution in [2.24, 2.45) is 0 Å². The van der Waals surface area contributed by atoms with Crippen LogP contribution in [0.15, 0.2) is 36.7 Å². The Kier molecular flexibility index (Phi) is 16.2. The predicted molar refractivity (Wildman–Crippen MR) is 106 cm³/mol. The second-order valence-electron chi connectivity index (χ2n) is 5.11. The predicted octanol–water partition coefficient (Wildman–Crippen LogP) is -0.117. The van der Waals surface area contributed by atoms with Crippen LogP contribution < -0.4 is 10.4 Å². The van der Waals surface area contributed by atoms with Crippen molar-refractivity contribution in [3.8, 4) is 0 Å². The molecule has 3 radical (unpaired) electrons. The summed E-state index contributed by atoms with van der Waals surface area (Å²) in [5.74, 6) is 0. The van der Waals surface area contributed by atoms with E-state index in [1.165, 1.54) is 20.8 Å². The molecule has 0 aliphatic carbocycles. The molecule has 0 bridgehead atoms. The summed E-state index contributed by atoms with van der Waals surface area (Å²) in [6.07, 6.45) is 8.09. The van der Waals surface area contributed by atoms with Crippen molar-refractivity contribution < 1.29 is 30.6 Å². The summed E-state index contributed by atoms with van der Waals surface area (Å²) in [6.45, 7) is 3.83. The van der Waals surface area contributed by atoms with E-state index in [1.807, 2.05) is 12.2 Å². The average molecular weight is 481 g/mol. The molecule has 149 valence electrons. The SMILES string of the molecule is C1=C[N-]c2c3c(ccc2=C1)=CC=C[N-]3.CC(O)O.CC(O)O.CC(O)O.[In]. The zero-order chi connectivity index (χ0) is 20.1. The zero-order valence-corrected chi connectivity index (χ0v) is 18.8. The summed E-state index contributed by atoms with van der Waals surface area (Å²) < 4.78 is 0. The molecule has 3 rings (SSSR count). The van der Waals surface area contributed by atoms with Crippen LogP contribution in [-0.4, -0.2) is 75.4 Å². The van der Waals surface area contributed by atoms with Gasteiger partial charge in [-0.25, -0.2) is 0 Å². The molecule has 0 amide bonds. The monoisotopic (exact) mass is 481 g/mol. The van der Waals surface area contributed by atoms with Crippen molar-refractivity contribution in [2.45, 2.75) is 39.6 Å². The number of aliphatic hydroxyl groups is 6. The first kappa shape index (κ1) is 27.9. The van der Waals surface area contributed by atoms with Crippen molar-refractivity contribution in [2.75, 3.05) is 0 Å².